The van der Waals surface area contributed by atoms with Crippen LogP contribution in [-0.4, -0.2) is 16.1 Å². The van der Waals surface area contributed by atoms with Gasteiger partial charge in [-0.15, -0.1) is 0 Å². The molecule has 1 aliphatic carbocycles. The van der Waals surface area contributed by atoms with Crippen molar-refractivity contribution < 1.29 is 0 Å². The Bertz CT molecular complexity index is 341. The Kier molecular flexibility index (Phi) is 5.24. The van der Waals surface area contributed by atoms with Crippen molar-refractivity contribution in [1.82, 2.24) is 14.9 Å². The Morgan fingerprint density at radius 1 is 1.39 bits per heavy atom. The van der Waals surface area contributed by atoms with Gasteiger partial charge < -0.3 is 9.88 Å². The van der Waals surface area contributed by atoms with Crippen molar-refractivity contribution in [1.29, 1.82) is 0 Å². The lowest BCUT2D eigenvalue weighted by Gasteiger charge is -2.30. The van der Waals surface area contributed by atoms with Crippen LogP contribution in [0.1, 0.15) is 64.2 Å². The fraction of sp³-hybridized carbons (Fsp3) is 0.800. The van der Waals surface area contributed by atoms with E-state index in [1.807, 2.05) is 6.20 Å². The standard InChI is InChI=1S/C15H27N3/c1-3-8-16-14(12-13-6-5-7-13)15-17-9-11-18(15)10-4-2/h9,11,13-14,16H,3-8,10,12H2,1-2H3. The number of aryl methyl sites for hydroxylation is 1. The molecule has 1 heterocycles. The molecule has 1 atom stereocenters. The molecule has 1 saturated carbocycles. The topological polar surface area (TPSA) is 29.9 Å². The summed E-state index contributed by atoms with van der Waals surface area (Å²) in [6.07, 6.45) is 12.0. The molecule has 1 aromatic rings. The monoisotopic (exact) mass is 249 g/mol. The molecule has 102 valence electrons. The summed E-state index contributed by atoms with van der Waals surface area (Å²) in [6.45, 7) is 6.64. The summed E-state index contributed by atoms with van der Waals surface area (Å²) in [7, 11) is 0. The van der Waals surface area contributed by atoms with Gasteiger partial charge in [-0.3, -0.25) is 0 Å². The van der Waals surface area contributed by atoms with Gasteiger partial charge in [0.15, 0.2) is 0 Å². The van der Waals surface area contributed by atoms with E-state index in [0.29, 0.717) is 6.04 Å². The van der Waals surface area contributed by atoms with Gasteiger partial charge in [0, 0.05) is 18.9 Å². The second kappa shape index (κ2) is 6.93. The molecule has 0 aliphatic heterocycles. The van der Waals surface area contributed by atoms with Gasteiger partial charge in [0.1, 0.15) is 5.82 Å². The minimum Gasteiger partial charge on any atom is -0.334 e. The number of nitrogens with one attached hydrogen (secondary N) is 1. The van der Waals surface area contributed by atoms with Crippen LogP contribution >= 0.6 is 0 Å². The number of nitrogens with zero attached hydrogens (tertiary/aromatic N) is 2. The lowest BCUT2D eigenvalue weighted by molar-refractivity contribution is 0.254. The van der Waals surface area contributed by atoms with E-state index >= 15 is 0 Å². The van der Waals surface area contributed by atoms with E-state index in [2.05, 4.69) is 34.9 Å². The molecule has 0 saturated heterocycles. The van der Waals surface area contributed by atoms with Gasteiger partial charge in [0.05, 0.1) is 6.04 Å². The SMILES string of the molecule is CCCNC(CC1CCC1)c1nccn1CCC. The van der Waals surface area contributed by atoms with Gasteiger partial charge in [-0.05, 0) is 31.7 Å². The maximum absolute atomic E-state index is 4.60. The summed E-state index contributed by atoms with van der Waals surface area (Å²) < 4.78 is 2.33. The van der Waals surface area contributed by atoms with E-state index in [1.54, 1.807) is 0 Å². The van der Waals surface area contributed by atoms with Gasteiger partial charge in [0.2, 0.25) is 0 Å². The maximum Gasteiger partial charge on any atom is 0.125 e. The third kappa shape index (κ3) is 3.35. The summed E-state index contributed by atoms with van der Waals surface area (Å²) in [5, 5.41) is 3.69. The zero-order chi connectivity index (χ0) is 12.8. The zero-order valence-corrected chi connectivity index (χ0v) is 11.9. The van der Waals surface area contributed by atoms with Crippen LogP contribution in [0.25, 0.3) is 0 Å². The summed E-state index contributed by atoms with van der Waals surface area (Å²) in [4.78, 5) is 4.60. The van der Waals surface area contributed by atoms with Crippen molar-refractivity contribution in [2.24, 2.45) is 5.92 Å². The average molecular weight is 249 g/mol. The molecule has 1 N–H and O–H groups in total. The number of rotatable bonds is 8. The Morgan fingerprint density at radius 3 is 2.83 bits per heavy atom. The highest BCUT2D eigenvalue weighted by atomic mass is 15.1. The van der Waals surface area contributed by atoms with Crippen molar-refractivity contribution in [3.05, 3.63) is 18.2 Å². The third-order valence-corrected chi connectivity index (χ3v) is 3.96. The van der Waals surface area contributed by atoms with Crippen molar-refractivity contribution in [2.45, 2.75) is 65.0 Å². The number of hydrogen-bond acceptors (Lipinski definition) is 2. The zero-order valence-electron chi connectivity index (χ0n) is 11.9. The molecule has 2 rings (SSSR count). The van der Waals surface area contributed by atoms with E-state index < -0.39 is 0 Å². The quantitative estimate of drug-likeness (QED) is 0.764. The summed E-state index contributed by atoms with van der Waals surface area (Å²) >= 11 is 0. The smallest absolute Gasteiger partial charge is 0.125 e. The van der Waals surface area contributed by atoms with Gasteiger partial charge in [-0.2, -0.15) is 0 Å². The lowest BCUT2D eigenvalue weighted by Crippen LogP contribution is -2.29. The van der Waals surface area contributed by atoms with Crippen LogP contribution in [0, 0.1) is 5.92 Å². The Balaban J connectivity index is 2.02. The first-order valence-electron chi connectivity index (χ1n) is 7.59. The summed E-state index contributed by atoms with van der Waals surface area (Å²) in [6, 6.07) is 0.455. The van der Waals surface area contributed by atoms with Crippen LogP contribution in [-0.2, 0) is 6.54 Å². The molecule has 3 heteroatoms. The van der Waals surface area contributed by atoms with E-state index in [4.69, 9.17) is 0 Å². The van der Waals surface area contributed by atoms with Crippen LogP contribution in [0.15, 0.2) is 12.4 Å². The second-order valence-corrected chi connectivity index (χ2v) is 5.52. The summed E-state index contributed by atoms with van der Waals surface area (Å²) in [5.41, 5.74) is 0. The molecule has 0 bridgehead atoms. The number of aromatic nitrogens is 2. The Morgan fingerprint density at radius 2 is 2.22 bits per heavy atom. The van der Waals surface area contributed by atoms with Crippen molar-refractivity contribution in [3.8, 4) is 0 Å². The van der Waals surface area contributed by atoms with E-state index in [0.717, 1.165) is 19.0 Å². The van der Waals surface area contributed by atoms with Crippen molar-refractivity contribution >= 4 is 0 Å². The highest BCUT2D eigenvalue weighted by Gasteiger charge is 2.25. The van der Waals surface area contributed by atoms with E-state index in [-0.39, 0.29) is 0 Å². The van der Waals surface area contributed by atoms with Crippen molar-refractivity contribution in [3.63, 3.8) is 0 Å². The first-order chi connectivity index (χ1) is 8.85. The van der Waals surface area contributed by atoms with E-state index in [1.165, 1.54) is 44.3 Å². The predicted octanol–water partition coefficient (Wildman–Crippen LogP) is 3.52. The summed E-state index contributed by atoms with van der Waals surface area (Å²) in [5.74, 6) is 2.17. The third-order valence-electron chi connectivity index (χ3n) is 3.96. The predicted molar refractivity (Wildman–Crippen MR) is 75.5 cm³/mol. The molecule has 1 unspecified atom stereocenters. The molecule has 3 nitrogen and oxygen atoms in total. The maximum atomic E-state index is 4.60. The minimum atomic E-state index is 0.455. The van der Waals surface area contributed by atoms with Gasteiger partial charge in [-0.1, -0.05) is 33.1 Å². The van der Waals surface area contributed by atoms with Crippen LogP contribution in [0.5, 0.6) is 0 Å². The average Bonchev–Trinajstić information content (AvgIpc) is 2.76. The van der Waals surface area contributed by atoms with Crippen LogP contribution in [0.4, 0.5) is 0 Å². The second-order valence-electron chi connectivity index (χ2n) is 5.52. The minimum absolute atomic E-state index is 0.455. The van der Waals surface area contributed by atoms with Crippen molar-refractivity contribution in [2.75, 3.05) is 6.54 Å². The molecule has 0 spiro atoms. The highest BCUT2D eigenvalue weighted by molar-refractivity contribution is 5.00. The fourth-order valence-corrected chi connectivity index (χ4v) is 2.72. The number of imidazole rings is 1. The van der Waals surface area contributed by atoms with Crippen LogP contribution in [0.3, 0.4) is 0 Å². The lowest BCUT2D eigenvalue weighted by atomic mass is 9.80. The fourth-order valence-electron chi connectivity index (χ4n) is 2.72. The molecular formula is C15H27N3. The number of hydrogen-bond donors (Lipinski definition) is 1. The van der Waals surface area contributed by atoms with Crippen LogP contribution in [0.2, 0.25) is 0 Å². The Hall–Kier alpha value is -0.830. The molecule has 0 amide bonds. The van der Waals surface area contributed by atoms with Gasteiger partial charge in [-0.25, -0.2) is 4.98 Å². The highest BCUT2D eigenvalue weighted by Crippen LogP contribution is 2.34. The first-order valence-corrected chi connectivity index (χ1v) is 7.59. The normalized spacial score (nSPS) is 17.7. The van der Waals surface area contributed by atoms with Gasteiger partial charge >= 0.3 is 0 Å². The largest absolute Gasteiger partial charge is 0.334 e. The molecule has 0 aromatic carbocycles. The van der Waals surface area contributed by atoms with E-state index in [9.17, 15) is 0 Å². The molecule has 1 aliphatic rings. The molecule has 0 radical (unpaired) electrons. The van der Waals surface area contributed by atoms with Crippen LogP contribution < -0.4 is 5.32 Å². The molecule has 18 heavy (non-hydrogen) atoms. The molecule has 1 fully saturated rings. The molecular weight excluding hydrogens is 222 g/mol. The molecule has 1 aromatic heterocycles. The Labute approximate surface area is 111 Å². The first kappa shape index (κ1) is 13.6. The van der Waals surface area contributed by atoms with Gasteiger partial charge in [0.25, 0.3) is 0 Å².